The largest absolute Gasteiger partial charge is 0.314 e. The summed E-state index contributed by atoms with van der Waals surface area (Å²) in [6.45, 7) is 8.20. The molecule has 0 amide bonds. The molecule has 0 heterocycles. The van der Waals surface area contributed by atoms with E-state index in [0.29, 0.717) is 0 Å². The van der Waals surface area contributed by atoms with E-state index in [1.165, 1.54) is 57.9 Å². The summed E-state index contributed by atoms with van der Waals surface area (Å²) in [5, 5.41) is 3.77. The third-order valence-corrected chi connectivity index (χ3v) is 4.30. The van der Waals surface area contributed by atoms with Crippen LogP contribution < -0.4 is 5.32 Å². The summed E-state index contributed by atoms with van der Waals surface area (Å²) in [5.41, 5.74) is 0. The SMILES string of the molecule is CCCNC(CC1CCCCC1)C(C)CC. The maximum atomic E-state index is 3.77. The average molecular weight is 225 g/mol. The Morgan fingerprint density at radius 1 is 1.12 bits per heavy atom. The summed E-state index contributed by atoms with van der Waals surface area (Å²) in [6.07, 6.45) is 11.4. The molecule has 16 heavy (non-hydrogen) atoms. The molecule has 1 heteroatoms. The second-order valence-electron chi connectivity index (χ2n) is 5.69. The van der Waals surface area contributed by atoms with E-state index in [1.807, 2.05) is 0 Å². The molecule has 0 aliphatic heterocycles. The first-order chi connectivity index (χ1) is 7.77. The molecule has 2 atom stereocenters. The summed E-state index contributed by atoms with van der Waals surface area (Å²) in [6, 6.07) is 0.771. The van der Waals surface area contributed by atoms with E-state index >= 15 is 0 Å². The molecule has 0 aromatic heterocycles. The second-order valence-corrected chi connectivity index (χ2v) is 5.69. The van der Waals surface area contributed by atoms with Gasteiger partial charge in [-0.2, -0.15) is 0 Å². The topological polar surface area (TPSA) is 12.0 Å². The van der Waals surface area contributed by atoms with Crippen molar-refractivity contribution in [2.75, 3.05) is 6.54 Å². The third-order valence-electron chi connectivity index (χ3n) is 4.30. The summed E-state index contributed by atoms with van der Waals surface area (Å²) in [7, 11) is 0. The van der Waals surface area contributed by atoms with Crippen molar-refractivity contribution in [3.8, 4) is 0 Å². The van der Waals surface area contributed by atoms with Gasteiger partial charge in [-0.1, -0.05) is 59.3 Å². The highest BCUT2D eigenvalue weighted by Crippen LogP contribution is 2.29. The van der Waals surface area contributed by atoms with Gasteiger partial charge >= 0.3 is 0 Å². The highest BCUT2D eigenvalue weighted by molar-refractivity contribution is 4.78. The van der Waals surface area contributed by atoms with Crippen LogP contribution in [-0.2, 0) is 0 Å². The van der Waals surface area contributed by atoms with E-state index in [2.05, 4.69) is 26.1 Å². The van der Waals surface area contributed by atoms with E-state index < -0.39 is 0 Å². The first-order valence-electron chi connectivity index (χ1n) is 7.51. The maximum Gasteiger partial charge on any atom is 0.00952 e. The average Bonchev–Trinajstić information content (AvgIpc) is 2.34. The zero-order valence-electron chi connectivity index (χ0n) is 11.6. The van der Waals surface area contributed by atoms with Crippen LogP contribution in [-0.4, -0.2) is 12.6 Å². The molecule has 1 N–H and O–H groups in total. The Hall–Kier alpha value is -0.0400. The quantitative estimate of drug-likeness (QED) is 0.678. The van der Waals surface area contributed by atoms with Crippen LogP contribution in [0.1, 0.15) is 72.1 Å². The monoisotopic (exact) mass is 225 g/mol. The van der Waals surface area contributed by atoms with Crippen molar-refractivity contribution in [3.63, 3.8) is 0 Å². The Labute approximate surface area is 102 Å². The van der Waals surface area contributed by atoms with Crippen LogP contribution in [0.3, 0.4) is 0 Å². The molecule has 1 rings (SSSR count). The molecule has 0 saturated heterocycles. The van der Waals surface area contributed by atoms with Gasteiger partial charge in [0.25, 0.3) is 0 Å². The number of hydrogen-bond donors (Lipinski definition) is 1. The normalized spacial score (nSPS) is 21.9. The molecule has 1 saturated carbocycles. The number of rotatable bonds is 7. The summed E-state index contributed by atoms with van der Waals surface area (Å²) in [4.78, 5) is 0. The Morgan fingerprint density at radius 3 is 2.38 bits per heavy atom. The van der Waals surface area contributed by atoms with Gasteiger partial charge in [0.15, 0.2) is 0 Å². The van der Waals surface area contributed by atoms with Gasteiger partial charge in [0, 0.05) is 6.04 Å². The van der Waals surface area contributed by atoms with Crippen molar-refractivity contribution in [1.29, 1.82) is 0 Å². The molecule has 0 spiro atoms. The highest BCUT2D eigenvalue weighted by atomic mass is 14.9. The lowest BCUT2D eigenvalue weighted by atomic mass is 9.81. The molecule has 2 unspecified atom stereocenters. The fourth-order valence-electron chi connectivity index (χ4n) is 2.91. The first-order valence-corrected chi connectivity index (χ1v) is 7.51. The van der Waals surface area contributed by atoms with Crippen molar-refractivity contribution in [2.24, 2.45) is 11.8 Å². The molecule has 0 aromatic rings. The molecular formula is C15H31N. The van der Waals surface area contributed by atoms with E-state index in [4.69, 9.17) is 0 Å². The van der Waals surface area contributed by atoms with Crippen molar-refractivity contribution in [1.82, 2.24) is 5.32 Å². The van der Waals surface area contributed by atoms with Crippen molar-refractivity contribution in [3.05, 3.63) is 0 Å². The van der Waals surface area contributed by atoms with Crippen LogP contribution in [0.2, 0.25) is 0 Å². The fourth-order valence-corrected chi connectivity index (χ4v) is 2.91. The summed E-state index contributed by atoms with van der Waals surface area (Å²) >= 11 is 0. The van der Waals surface area contributed by atoms with Gasteiger partial charge in [0.05, 0.1) is 0 Å². The molecule has 96 valence electrons. The van der Waals surface area contributed by atoms with E-state index in [0.717, 1.165) is 17.9 Å². The van der Waals surface area contributed by atoms with E-state index in [1.54, 1.807) is 0 Å². The molecule has 1 nitrogen and oxygen atoms in total. The Bertz CT molecular complexity index is 161. The first kappa shape index (κ1) is 14.0. The number of hydrogen-bond acceptors (Lipinski definition) is 1. The van der Waals surface area contributed by atoms with Gasteiger partial charge in [-0.25, -0.2) is 0 Å². The molecule has 1 aliphatic rings. The van der Waals surface area contributed by atoms with E-state index in [9.17, 15) is 0 Å². The zero-order chi connectivity index (χ0) is 11.8. The smallest absolute Gasteiger partial charge is 0.00952 e. The summed E-state index contributed by atoms with van der Waals surface area (Å²) in [5.74, 6) is 1.85. The highest BCUT2D eigenvalue weighted by Gasteiger charge is 2.21. The van der Waals surface area contributed by atoms with Crippen molar-refractivity contribution in [2.45, 2.75) is 78.2 Å². The Balaban J connectivity index is 2.34. The van der Waals surface area contributed by atoms with Gasteiger partial charge in [0.2, 0.25) is 0 Å². The minimum absolute atomic E-state index is 0.771. The molecule has 0 bridgehead atoms. The van der Waals surface area contributed by atoms with Gasteiger partial charge in [-0.05, 0) is 31.2 Å². The predicted molar refractivity (Wildman–Crippen MR) is 72.7 cm³/mol. The van der Waals surface area contributed by atoms with Crippen LogP contribution in [0.15, 0.2) is 0 Å². The van der Waals surface area contributed by atoms with Crippen LogP contribution in [0.5, 0.6) is 0 Å². The molecule has 1 fully saturated rings. The van der Waals surface area contributed by atoms with Crippen LogP contribution >= 0.6 is 0 Å². The van der Waals surface area contributed by atoms with Gasteiger partial charge in [-0.15, -0.1) is 0 Å². The Kier molecular flexibility index (Phi) is 7.11. The fraction of sp³-hybridized carbons (Fsp3) is 1.00. The molecular weight excluding hydrogens is 194 g/mol. The molecule has 0 aromatic carbocycles. The Morgan fingerprint density at radius 2 is 1.81 bits per heavy atom. The van der Waals surface area contributed by atoms with Crippen molar-refractivity contribution >= 4 is 0 Å². The van der Waals surface area contributed by atoms with Crippen LogP contribution in [0.4, 0.5) is 0 Å². The maximum absolute atomic E-state index is 3.77. The van der Waals surface area contributed by atoms with Gasteiger partial charge in [-0.3, -0.25) is 0 Å². The van der Waals surface area contributed by atoms with E-state index in [-0.39, 0.29) is 0 Å². The lowest BCUT2D eigenvalue weighted by Gasteiger charge is -2.30. The lowest BCUT2D eigenvalue weighted by Crippen LogP contribution is -2.37. The zero-order valence-corrected chi connectivity index (χ0v) is 11.6. The standard InChI is InChI=1S/C15H31N/c1-4-11-16-15(13(3)5-2)12-14-9-7-6-8-10-14/h13-16H,4-12H2,1-3H3. The minimum atomic E-state index is 0.771. The number of nitrogens with one attached hydrogen (secondary N) is 1. The molecule has 1 aliphatic carbocycles. The van der Waals surface area contributed by atoms with Crippen LogP contribution in [0.25, 0.3) is 0 Å². The lowest BCUT2D eigenvalue weighted by molar-refractivity contribution is 0.254. The minimum Gasteiger partial charge on any atom is -0.314 e. The third kappa shape index (κ3) is 4.86. The summed E-state index contributed by atoms with van der Waals surface area (Å²) < 4.78 is 0. The van der Waals surface area contributed by atoms with Gasteiger partial charge < -0.3 is 5.32 Å². The van der Waals surface area contributed by atoms with Crippen LogP contribution in [0, 0.1) is 11.8 Å². The van der Waals surface area contributed by atoms with Crippen molar-refractivity contribution < 1.29 is 0 Å². The molecule has 0 radical (unpaired) electrons. The predicted octanol–water partition coefficient (Wildman–Crippen LogP) is 4.37. The van der Waals surface area contributed by atoms with Gasteiger partial charge in [0.1, 0.15) is 0 Å². The second kappa shape index (κ2) is 8.11.